The third kappa shape index (κ3) is 3.89. The van der Waals surface area contributed by atoms with Gasteiger partial charge in [-0.25, -0.2) is 0 Å². The van der Waals surface area contributed by atoms with Crippen molar-refractivity contribution in [2.45, 2.75) is 18.0 Å². The molecule has 1 aliphatic rings. The van der Waals surface area contributed by atoms with E-state index in [1.165, 1.54) is 6.92 Å². The van der Waals surface area contributed by atoms with Crippen LogP contribution in [0.15, 0.2) is 30.3 Å². The van der Waals surface area contributed by atoms with Crippen LogP contribution >= 0.6 is 0 Å². The summed E-state index contributed by atoms with van der Waals surface area (Å²) in [7, 11) is 0. The molecule has 2 rings (SSSR count). The number of imide groups is 2. The number of aliphatic hydroxyl groups excluding tert-OH is 1. The molecule has 4 amide bonds. The van der Waals surface area contributed by atoms with E-state index in [4.69, 9.17) is 9.84 Å². The molecule has 2 N–H and O–H groups in total. The Labute approximate surface area is 127 Å². The van der Waals surface area contributed by atoms with Gasteiger partial charge in [0.1, 0.15) is 0 Å². The number of ether oxygens (including phenoxy) is 1. The van der Waals surface area contributed by atoms with Crippen LogP contribution in [0.25, 0.3) is 0 Å². The molecular formula is C13H14N2O5Se. The first-order valence-electron chi connectivity index (χ1n) is 6.16. The first-order chi connectivity index (χ1) is 9.99. The van der Waals surface area contributed by atoms with Gasteiger partial charge in [0.15, 0.2) is 0 Å². The third-order valence-electron chi connectivity index (χ3n) is 2.65. The van der Waals surface area contributed by atoms with Crippen molar-refractivity contribution >= 4 is 37.3 Å². The number of rotatable bonds is 5. The van der Waals surface area contributed by atoms with E-state index in [1.54, 1.807) is 0 Å². The molecule has 0 radical (unpaired) electrons. The topological polar surface area (TPSA) is 95.9 Å². The number of nitrogens with zero attached hydrogens (tertiary/aromatic N) is 1. The molecule has 8 heteroatoms. The Morgan fingerprint density at radius 1 is 1.33 bits per heavy atom. The summed E-state index contributed by atoms with van der Waals surface area (Å²) < 4.78 is 5.73. The number of nitrogens with one attached hydrogen (secondary N) is 1. The Morgan fingerprint density at radius 3 is 2.62 bits per heavy atom. The minimum atomic E-state index is -1.11. The van der Waals surface area contributed by atoms with Gasteiger partial charge in [0.05, 0.1) is 0 Å². The Balaban J connectivity index is 2.11. The van der Waals surface area contributed by atoms with Gasteiger partial charge in [0.25, 0.3) is 0 Å². The Morgan fingerprint density at radius 2 is 2.00 bits per heavy atom. The molecule has 2 atom stereocenters. The third-order valence-corrected chi connectivity index (χ3v) is 5.15. The van der Waals surface area contributed by atoms with E-state index < -0.39 is 50.6 Å². The molecular weight excluding hydrogens is 343 g/mol. The number of carbonyl (C=O) groups excluding carboxylic acids is 3. The van der Waals surface area contributed by atoms with Crippen LogP contribution in [0.4, 0.5) is 4.79 Å². The van der Waals surface area contributed by atoms with Gasteiger partial charge < -0.3 is 0 Å². The maximum atomic E-state index is 12.3. The van der Waals surface area contributed by atoms with E-state index in [0.717, 1.165) is 9.36 Å². The predicted octanol–water partition coefficient (Wildman–Crippen LogP) is -0.805. The van der Waals surface area contributed by atoms with E-state index in [1.807, 2.05) is 30.3 Å². The molecule has 1 aromatic carbocycles. The molecule has 1 aliphatic heterocycles. The van der Waals surface area contributed by atoms with Crippen molar-refractivity contribution in [3.05, 3.63) is 30.3 Å². The molecule has 0 bridgehead atoms. The van der Waals surface area contributed by atoms with Gasteiger partial charge in [-0.05, 0) is 0 Å². The van der Waals surface area contributed by atoms with Crippen LogP contribution < -0.4 is 9.78 Å². The van der Waals surface area contributed by atoms with E-state index in [9.17, 15) is 14.4 Å². The van der Waals surface area contributed by atoms with Gasteiger partial charge in [-0.2, -0.15) is 0 Å². The van der Waals surface area contributed by atoms with E-state index in [-0.39, 0.29) is 0 Å². The standard InChI is InChI=1S/C13H14N2O5Se/c1-8(16)20-7-15-12(18)10(11(17)14-13(15)19)21-9-5-3-2-4-6-9/h2-6,8,10,16H,7H2,1H3,(H,14,17,19). The molecule has 2 unspecified atom stereocenters. The maximum absolute atomic E-state index is 12.3. The molecule has 0 aliphatic carbocycles. The molecule has 0 aromatic heterocycles. The first kappa shape index (κ1) is 15.7. The van der Waals surface area contributed by atoms with Gasteiger partial charge in [-0.1, -0.05) is 0 Å². The van der Waals surface area contributed by atoms with E-state index >= 15 is 0 Å². The number of amides is 4. The number of aliphatic hydroxyl groups is 1. The normalized spacial score (nSPS) is 20.4. The number of hydrogen-bond acceptors (Lipinski definition) is 5. The molecule has 0 spiro atoms. The number of carbonyl (C=O) groups is 3. The Kier molecular flexibility index (Phi) is 5.08. The van der Waals surface area contributed by atoms with Gasteiger partial charge in [0.2, 0.25) is 0 Å². The zero-order chi connectivity index (χ0) is 15.4. The Bertz CT molecular complexity index is 549. The molecule has 21 heavy (non-hydrogen) atoms. The van der Waals surface area contributed by atoms with Crippen molar-refractivity contribution in [1.29, 1.82) is 0 Å². The molecule has 0 saturated carbocycles. The molecule has 1 fully saturated rings. The van der Waals surface area contributed by atoms with Gasteiger partial charge in [-0.3, -0.25) is 0 Å². The predicted molar refractivity (Wildman–Crippen MR) is 73.6 cm³/mol. The fraction of sp³-hybridized carbons (Fsp3) is 0.308. The Hall–Kier alpha value is -1.73. The second-order valence-electron chi connectivity index (χ2n) is 4.27. The molecule has 1 heterocycles. The van der Waals surface area contributed by atoms with E-state index in [0.29, 0.717) is 0 Å². The van der Waals surface area contributed by atoms with Gasteiger partial charge in [0, 0.05) is 0 Å². The van der Waals surface area contributed by atoms with Crippen molar-refractivity contribution in [3.8, 4) is 0 Å². The van der Waals surface area contributed by atoms with Gasteiger partial charge >= 0.3 is 127 Å². The van der Waals surface area contributed by atoms with Crippen LogP contribution in [-0.2, 0) is 14.3 Å². The molecule has 1 saturated heterocycles. The molecule has 7 nitrogen and oxygen atoms in total. The van der Waals surface area contributed by atoms with Crippen molar-refractivity contribution < 1.29 is 24.2 Å². The average molecular weight is 357 g/mol. The van der Waals surface area contributed by atoms with Crippen LogP contribution in [-0.4, -0.2) is 55.8 Å². The van der Waals surface area contributed by atoms with Crippen molar-refractivity contribution in [3.63, 3.8) is 0 Å². The molecule has 1 aromatic rings. The van der Waals surface area contributed by atoms with Crippen molar-refractivity contribution in [2.75, 3.05) is 6.73 Å². The quantitative estimate of drug-likeness (QED) is 0.409. The second kappa shape index (κ2) is 6.82. The van der Waals surface area contributed by atoms with Crippen LogP contribution in [0.5, 0.6) is 0 Å². The zero-order valence-corrected chi connectivity index (χ0v) is 12.9. The van der Waals surface area contributed by atoms with Crippen molar-refractivity contribution in [2.24, 2.45) is 0 Å². The summed E-state index contributed by atoms with van der Waals surface area (Å²) in [5.74, 6) is -1.20. The average Bonchev–Trinajstić information content (AvgIpc) is 2.44. The van der Waals surface area contributed by atoms with Crippen LogP contribution in [0.2, 0.25) is 4.82 Å². The SMILES string of the molecule is CC(O)OCN1C(=O)NC(=O)C([Se]c2ccccc2)C1=O. The summed E-state index contributed by atoms with van der Waals surface area (Å²) in [6.07, 6.45) is -1.11. The number of benzene rings is 1. The van der Waals surface area contributed by atoms with Gasteiger partial charge in [-0.15, -0.1) is 0 Å². The van der Waals surface area contributed by atoms with Crippen LogP contribution in [0, 0.1) is 0 Å². The fourth-order valence-electron chi connectivity index (χ4n) is 1.64. The summed E-state index contributed by atoms with van der Waals surface area (Å²) in [4.78, 5) is 35.6. The fourth-order valence-corrected chi connectivity index (χ4v) is 3.69. The zero-order valence-electron chi connectivity index (χ0n) is 11.2. The summed E-state index contributed by atoms with van der Waals surface area (Å²) in [5.41, 5.74) is 0. The monoisotopic (exact) mass is 358 g/mol. The van der Waals surface area contributed by atoms with Crippen molar-refractivity contribution in [1.82, 2.24) is 10.2 Å². The summed E-state index contributed by atoms with van der Waals surface area (Å²) in [6, 6.07) is 8.31. The summed E-state index contributed by atoms with van der Waals surface area (Å²) in [6.45, 7) is 0.972. The summed E-state index contributed by atoms with van der Waals surface area (Å²) >= 11 is -0.438. The van der Waals surface area contributed by atoms with Crippen LogP contribution in [0.1, 0.15) is 6.92 Å². The van der Waals surface area contributed by atoms with E-state index in [2.05, 4.69) is 5.32 Å². The van der Waals surface area contributed by atoms with Crippen LogP contribution in [0.3, 0.4) is 0 Å². The summed E-state index contributed by atoms with van der Waals surface area (Å²) in [5, 5.41) is 11.2. The first-order valence-corrected chi connectivity index (χ1v) is 8.01. The number of hydrogen-bond donors (Lipinski definition) is 2. The minimum absolute atomic E-state index is 0.392. The number of urea groups is 1. The number of barbiturate groups is 1. The second-order valence-corrected chi connectivity index (χ2v) is 6.74. The molecule has 112 valence electrons.